The van der Waals surface area contributed by atoms with Crippen molar-refractivity contribution in [2.24, 2.45) is 0 Å². The molecule has 1 aromatic heterocycles. The number of hydrogen-bond acceptors (Lipinski definition) is 5. The molecular weight excluding hydrogens is 294 g/mol. The highest BCUT2D eigenvalue weighted by Gasteiger charge is 2.27. The lowest BCUT2D eigenvalue weighted by Crippen LogP contribution is -2.13. The van der Waals surface area contributed by atoms with Crippen LogP contribution in [-0.2, 0) is 10.0 Å². The molecule has 1 aliphatic carbocycles. The molecule has 0 bridgehead atoms. The molecule has 1 aromatic carbocycles. The Kier molecular flexibility index (Phi) is 3.18. The molecular formula is C13H15N3O2S2. The van der Waals surface area contributed by atoms with E-state index in [-0.39, 0.29) is 4.90 Å². The van der Waals surface area contributed by atoms with Gasteiger partial charge in [-0.25, -0.2) is 13.4 Å². The molecule has 1 aliphatic rings. The van der Waals surface area contributed by atoms with Gasteiger partial charge in [-0.15, -0.1) is 11.3 Å². The maximum atomic E-state index is 12.3. The van der Waals surface area contributed by atoms with E-state index in [1.54, 1.807) is 12.1 Å². The van der Waals surface area contributed by atoms with Crippen molar-refractivity contribution >= 4 is 32.2 Å². The van der Waals surface area contributed by atoms with Crippen LogP contribution in [0.1, 0.15) is 30.0 Å². The number of thiazole rings is 1. The van der Waals surface area contributed by atoms with Gasteiger partial charge in [0.1, 0.15) is 0 Å². The maximum Gasteiger partial charge on any atom is 0.263 e. The number of aryl methyl sites for hydroxylation is 1. The van der Waals surface area contributed by atoms with Gasteiger partial charge < -0.3 is 5.73 Å². The van der Waals surface area contributed by atoms with E-state index in [2.05, 4.69) is 9.71 Å². The summed E-state index contributed by atoms with van der Waals surface area (Å²) in [7, 11) is -3.63. The first-order valence-corrected chi connectivity index (χ1v) is 8.66. The first-order valence-electron chi connectivity index (χ1n) is 6.30. The molecule has 0 unspecified atom stereocenters. The SMILES string of the molecule is Cc1ccc(S(=O)(=O)Nc2nc(C3CC3)cs2)cc1N. The van der Waals surface area contributed by atoms with Gasteiger partial charge in [-0.2, -0.15) is 0 Å². The molecule has 106 valence electrons. The number of nitrogen functional groups attached to an aromatic ring is 1. The monoisotopic (exact) mass is 309 g/mol. The van der Waals surface area contributed by atoms with Crippen molar-refractivity contribution < 1.29 is 8.42 Å². The summed E-state index contributed by atoms with van der Waals surface area (Å²) in [6.45, 7) is 1.84. The fraction of sp³-hybridized carbons (Fsp3) is 0.308. The molecule has 3 rings (SSSR count). The van der Waals surface area contributed by atoms with E-state index in [1.165, 1.54) is 17.4 Å². The molecule has 0 saturated heterocycles. The number of aromatic nitrogens is 1. The number of nitrogens with one attached hydrogen (secondary N) is 1. The van der Waals surface area contributed by atoms with Gasteiger partial charge in [0.25, 0.3) is 10.0 Å². The topological polar surface area (TPSA) is 85.1 Å². The van der Waals surface area contributed by atoms with Gasteiger partial charge in [0.05, 0.1) is 10.6 Å². The number of sulfonamides is 1. The second-order valence-electron chi connectivity index (χ2n) is 4.98. The van der Waals surface area contributed by atoms with Gasteiger partial charge in [-0.1, -0.05) is 6.07 Å². The number of anilines is 2. The van der Waals surface area contributed by atoms with Crippen molar-refractivity contribution in [2.45, 2.75) is 30.6 Å². The largest absolute Gasteiger partial charge is 0.398 e. The molecule has 0 radical (unpaired) electrons. The van der Waals surface area contributed by atoms with E-state index >= 15 is 0 Å². The Morgan fingerprint density at radius 1 is 1.40 bits per heavy atom. The van der Waals surface area contributed by atoms with Crippen LogP contribution in [0, 0.1) is 6.92 Å². The third-order valence-electron chi connectivity index (χ3n) is 3.30. The third kappa shape index (κ3) is 2.64. The van der Waals surface area contributed by atoms with Crippen molar-refractivity contribution in [1.82, 2.24) is 4.98 Å². The summed E-state index contributed by atoms with van der Waals surface area (Å²) in [4.78, 5) is 4.48. The quantitative estimate of drug-likeness (QED) is 0.850. The zero-order valence-electron chi connectivity index (χ0n) is 11.0. The molecule has 2 aromatic rings. The molecule has 1 fully saturated rings. The van der Waals surface area contributed by atoms with Crippen molar-refractivity contribution in [3.05, 3.63) is 34.8 Å². The molecule has 0 atom stereocenters. The average molecular weight is 309 g/mol. The molecule has 5 nitrogen and oxygen atoms in total. The first-order chi connectivity index (χ1) is 9.45. The normalized spacial score (nSPS) is 15.2. The van der Waals surface area contributed by atoms with Crippen molar-refractivity contribution in [1.29, 1.82) is 0 Å². The highest BCUT2D eigenvalue weighted by molar-refractivity contribution is 7.93. The highest BCUT2D eigenvalue weighted by Crippen LogP contribution is 2.41. The number of nitrogens with zero attached hydrogens (tertiary/aromatic N) is 1. The van der Waals surface area contributed by atoms with Crippen LogP contribution in [0.2, 0.25) is 0 Å². The Labute approximate surface area is 121 Å². The minimum atomic E-state index is -3.63. The van der Waals surface area contributed by atoms with Crippen LogP contribution in [0.5, 0.6) is 0 Å². The second kappa shape index (κ2) is 4.75. The zero-order chi connectivity index (χ0) is 14.3. The average Bonchev–Trinajstić information content (AvgIpc) is 3.14. The summed E-state index contributed by atoms with van der Waals surface area (Å²) >= 11 is 1.31. The van der Waals surface area contributed by atoms with Crippen LogP contribution in [-0.4, -0.2) is 13.4 Å². The summed E-state index contributed by atoms with van der Waals surface area (Å²) in [6.07, 6.45) is 2.29. The van der Waals surface area contributed by atoms with Crippen molar-refractivity contribution in [3.63, 3.8) is 0 Å². The Hall–Kier alpha value is -1.60. The number of nitrogens with two attached hydrogens (primary N) is 1. The standard InChI is InChI=1S/C13H15N3O2S2/c1-8-2-5-10(6-11(8)14)20(17,18)16-13-15-12(7-19-13)9-3-4-9/h2,5-7,9H,3-4,14H2,1H3,(H,15,16). The fourth-order valence-electron chi connectivity index (χ4n) is 1.86. The van der Waals surface area contributed by atoms with E-state index in [1.807, 2.05) is 12.3 Å². The minimum absolute atomic E-state index is 0.156. The van der Waals surface area contributed by atoms with E-state index in [9.17, 15) is 8.42 Å². The second-order valence-corrected chi connectivity index (χ2v) is 7.52. The van der Waals surface area contributed by atoms with Crippen molar-refractivity contribution in [2.75, 3.05) is 10.5 Å². The third-order valence-corrected chi connectivity index (χ3v) is 5.54. The molecule has 1 heterocycles. The van der Waals surface area contributed by atoms with Crippen LogP contribution < -0.4 is 10.5 Å². The Morgan fingerprint density at radius 2 is 2.15 bits per heavy atom. The van der Waals surface area contributed by atoms with Crippen LogP contribution in [0.25, 0.3) is 0 Å². The Morgan fingerprint density at radius 3 is 2.80 bits per heavy atom. The number of rotatable bonds is 4. The summed E-state index contributed by atoms with van der Waals surface area (Å²) in [5.41, 5.74) is 8.06. The smallest absolute Gasteiger partial charge is 0.263 e. The summed E-state index contributed by atoms with van der Waals surface area (Å²) in [5.74, 6) is 0.513. The zero-order valence-corrected chi connectivity index (χ0v) is 12.6. The molecule has 7 heteroatoms. The number of benzene rings is 1. The summed E-state index contributed by atoms with van der Waals surface area (Å²) in [5, 5.41) is 2.32. The molecule has 0 spiro atoms. The summed E-state index contributed by atoms with van der Waals surface area (Å²) in [6, 6.07) is 4.71. The van der Waals surface area contributed by atoms with Crippen LogP contribution in [0.15, 0.2) is 28.5 Å². The highest BCUT2D eigenvalue weighted by atomic mass is 32.2. The number of hydrogen-bond donors (Lipinski definition) is 2. The maximum absolute atomic E-state index is 12.3. The van der Waals surface area contributed by atoms with Gasteiger partial charge in [0, 0.05) is 17.0 Å². The predicted octanol–water partition coefficient (Wildman–Crippen LogP) is 2.71. The molecule has 3 N–H and O–H groups in total. The van der Waals surface area contributed by atoms with Crippen molar-refractivity contribution in [3.8, 4) is 0 Å². The molecule has 0 amide bonds. The Bertz CT molecular complexity index is 749. The van der Waals surface area contributed by atoms with Crippen LogP contribution in [0.3, 0.4) is 0 Å². The Balaban J connectivity index is 1.84. The van der Waals surface area contributed by atoms with E-state index in [4.69, 9.17) is 5.73 Å². The predicted molar refractivity (Wildman–Crippen MR) is 80.5 cm³/mol. The lowest BCUT2D eigenvalue weighted by Gasteiger charge is -2.07. The van der Waals surface area contributed by atoms with Gasteiger partial charge in [-0.3, -0.25) is 4.72 Å². The fourth-order valence-corrected chi connectivity index (χ4v) is 3.94. The molecule has 1 saturated carbocycles. The lowest BCUT2D eigenvalue weighted by molar-refractivity contribution is 0.601. The minimum Gasteiger partial charge on any atom is -0.398 e. The van der Waals surface area contributed by atoms with Gasteiger partial charge >= 0.3 is 0 Å². The van der Waals surface area contributed by atoms with Crippen LogP contribution in [0.4, 0.5) is 10.8 Å². The van der Waals surface area contributed by atoms with E-state index in [0.717, 1.165) is 24.1 Å². The van der Waals surface area contributed by atoms with Gasteiger partial charge in [0.2, 0.25) is 0 Å². The molecule has 0 aliphatic heterocycles. The first kappa shape index (κ1) is 13.4. The van der Waals surface area contributed by atoms with Gasteiger partial charge in [0.15, 0.2) is 5.13 Å². The summed E-state index contributed by atoms with van der Waals surface area (Å²) < 4.78 is 27.0. The lowest BCUT2D eigenvalue weighted by atomic mass is 10.2. The van der Waals surface area contributed by atoms with E-state index < -0.39 is 10.0 Å². The van der Waals surface area contributed by atoms with E-state index in [0.29, 0.717) is 16.7 Å². The van der Waals surface area contributed by atoms with Crippen LogP contribution >= 0.6 is 11.3 Å². The van der Waals surface area contributed by atoms with Gasteiger partial charge in [-0.05, 0) is 37.5 Å². The molecule has 20 heavy (non-hydrogen) atoms.